The van der Waals surface area contributed by atoms with E-state index in [-0.39, 0.29) is 5.91 Å². The lowest BCUT2D eigenvalue weighted by Gasteiger charge is -2.14. The van der Waals surface area contributed by atoms with Crippen molar-refractivity contribution in [2.45, 2.75) is 33.1 Å². The van der Waals surface area contributed by atoms with Crippen molar-refractivity contribution >= 4 is 11.7 Å². The summed E-state index contributed by atoms with van der Waals surface area (Å²) < 4.78 is 0. The molecule has 5 nitrogen and oxygen atoms in total. The molecule has 1 aliphatic rings. The van der Waals surface area contributed by atoms with Gasteiger partial charge in [-0.05, 0) is 44.0 Å². The van der Waals surface area contributed by atoms with Gasteiger partial charge in [0.1, 0.15) is 5.82 Å². The SMILES string of the molecule is CCCc1cc(C(=O)NCC2CCN(CC)C2)cc(N)n1. The molecule has 2 rings (SSSR count). The van der Waals surface area contributed by atoms with Gasteiger partial charge in [-0.2, -0.15) is 0 Å². The zero-order chi connectivity index (χ0) is 15.2. The Hall–Kier alpha value is -1.62. The standard InChI is InChI=1S/C16H26N4O/c1-3-5-14-8-13(9-15(17)19-14)16(21)18-10-12-6-7-20(4-2)11-12/h8-9,12H,3-7,10-11H2,1-2H3,(H2,17,19)(H,18,21). The van der Waals surface area contributed by atoms with Crippen molar-refractivity contribution in [3.63, 3.8) is 0 Å². The number of nitrogen functional groups attached to an aromatic ring is 1. The minimum absolute atomic E-state index is 0.0450. The topological polar surface area (TPSA) is 71.2 Å². The molecule has 21 heavy (non-hydrogen) atoms. The lowest BCUT2D eigenvalue weighted by molar-refractivity contribution is 0.0947. The summed E-state index contributed by atoms with van der Waals surface area (Å²) in [4.78, 5) is 18.9. The van der Waals surface area contributed by atoms with E-state index in [0.29, 0.717) is 17.3 Å². The number of amides is 1. The van der Waals surface area contributed by atoms with E-state index in [2.05, 4.69) is 29.0 Å². The first-order valence-electron chi connectivity index (χ1n) is 7.89. The largest absolute Gasteiger partial charge is 0.384 e. The molecule has 1 unspecified atom stereocenters. The van der Waals surface area contributed by atoms with Crippen LogP contribution in [0.1, 0.15) is 42.7 Å². The third-order valence-electron chi connectivity index (χ3n) is 4.04. The van der Waals surface area contributed by atoms with Gasteiger partial charge < -0.3 is 16.0 Å². The van der Waals surface area contributed by atoms with Crippen molar-refractivity contribution in [1.29, 1.82) is 0 Å². The molecule has 0 radical (unpaired) electrons. The van der Waals surface area contributed by atoms with E-state index in [4.69, 9.17) is 5.73 Å². The maximum Gasteiger partial charge on any atom is 0.251 e. The van der Waals surface area contributed by atoms with E-state index in [9.17, 15) is 4.79 Å². The summed E-state index contributed by atoms with van der Waals surface area (Å²) in [5.74, 6) is 0.934. The highest BCUT2D eigenvalue weighted by Gasteiger charge is 2.21. The molecule has 0 aliphatic carbocycles. The molecule has 0 spiro atoms. The minimum Gasteiger partial charge on any atom is -0.384 e. The summed E-state index contributed by atoms with van der Waals surface area (Å²) in [6, 6.07) is 3.50. The predicted molar refractivity (Wildman–Crippen MR) is 85.2 cm³/mol. The fourth-order valence-corrected chi connectivity index (χ4v) is 2.83. The molecule has 116 valence electrons. The Morgan fingerprint density at radius 3 is 2.95 bits per heavy atom. The van der Waals surface area contributed by atoms with E-state index < -0.39 is 0 Å². The van der Waals surface area contributed by atoms with Crippen LogP contribution in [0.2, 0.25) is 0 Å². The molecule has 1 aromatic heterocycles. The summed E-state index contributed by atoms with van der Waals surface area (Å²) in [6.07, 6.45) is 3.00. The first-order chi connectivity index (χ1) is 10.1. The number of nitrogens with two attached hydrogens (primary N) is 1. The van der Waals surface area contributed by atoms with Crippen LogP contribution in [0.5, 0.6) is 0 Å². The molecule has 2 heterocycles. The summed E-state index contributed by atoms with van der Waals surface area (Å²) in [6.45, 7) is 8.31. The van der Waals surface area contributed by atoms with Crippen LogP contribution in [0.4, 0.5) is 5.82 Å². The molecule has 1 atom stereocenters. The fraction of sp³-hybridized carbons (Fsp3) is 0.625. The Morgan fingerprint density at radius 2 is 2.29 bits per heavy atom. The summed E-state index contributed by atoms with van der Waals surface area (Å²) >= 11 is 0. The van der Waals surface area contributed by atoms with Crippen molar-refractivity contribution in [3.8, 4) is 0 Å². The number of nitrogens with one attached hydrogen (secondary N) is 1. The zero-order valence-corrected chi connectivity index (χ0v) is 13.1. The highest BCUT2D eigenvalue weighted by molar-refractivity contribution is 5.94. The average Bonchev–Trinajstić information content (AvgIpc) is 2.92. The van der Waals surface area contributed by atoms with Crippen LogP contribution in [0, 0.1) is 5.92 Å². The normalized spacial score (nSPS) is 18.9. The molecule has 1 aromatic rings. The van der Waals surface area contributed by atoms with E-state index in [1.165, 1.54) is 0 Å². The first-order valence-corrected chi connectivity index (χ1v) is 7.89. The number of likely N-dealkylation sites (tertiary alicyclic amines) is 1. The number of anilines is 1. The number of aryl methyl sites for hydroxylation is 1. The molecule has 0 bridgehead atoms. The van der Waals surface area contributed by atoms with Crippen molar-refractivity contribution in [1.82, 2.24) is 15.2 Å². The lowest BCUT2D eigenvalue weighted by Crippen LogP contribution is -2.31. The summed E-state index contributed by atoms with van der Waals surface area (Å²) in [5, 5.41) is 3.03. The van der Waals surface area contributed by atoms with Crippen molar-refractivity contribution in [2.75, 3.05) is 31.9 Å². The van der Waals surface area contributed by atoms with Crippen LogP contribution in [0.25, 0.3) is 0 Å². The van der Waals surface area contributed by atoms with Crippen molar-refractivity contribution in [3.05, 3.63) is 23.4 Å². The smallest absolute Gasteiger partial charge is 0.251 e. The van der Waals surface area contributed by atoms with Gasteiger partial charge in [0.2, 0.25) is 0 Å². The van der Waals surface area contributed by atoms with Gasteiger partial charge in [-0.25, -0.2) is 4.98 Å². The zero-order valence-electron chi connectivity index (χ0n) is 13.1. The van der Waals surface area contributed by atoms with Crippen LogP contribution < -0.4 is 11.1 Å². The second-order valence-electron chi connectivity index (χ2n) is 5.78. The maximum atomic E-state index is 12.3. The number of nitrogens with zero attached hydrogens (tertiary/aromatic N) is 2. The molecular formula is C16H26N4O. The highest BCUT2D eigenvalue weighted by Crippen LogP contribution is 2.15. The Kier molecular flexibility index (Phi) is 5.56. The van der Waals surface area contributed by atoms with Gasteiger partial charge >= 0.3 is 0 Å². The molecular weight excluding hydrogens is 264 g/mol. The number of carbonyl (C=O) groups excluding carboxylic acids is 1. The first kappa shape index (κ1) is 15.8. The monoisotopic (exact) mass is 290 g/mol. The molecule has 1 fully saturated rings. The van der Waals surface area contributed by atoms with Crippen molar-refractivity contribution in [2.24, 2.45) is 5.92 Å². The van der Waals surface area contributed by atoms with Crippen LogP contribution in [0.3, 0.4) is 0 Å². The van der Waals surface area contributed by atoms with Crippen LogP contribution in [-0.2, 0) is 6.42 Å². The van der Waals surface area contributed by atoms with Crippen molar-refractivity contribution < 1.29 is 4.79 Å². The van der Waals surface area contributed by atoms with E-state index >= 15 is 0 Å². The number of hydrogen-bond donors (Lipinski definition) is 2. The van der Waals surface area contributed by atoms with Crippen LogP contribution in [-0.4, -0.2) is 42.0 Å². The van der Waals surface area contributed by atoms with Crippen LogP contribution >= 0.6 is 0 Å². The van der Waals surface area contributed by atoms with Gasteiger partial charge in [-0.3, -0.25) is 4.79 Å². The molecule has 5 heteroatoms. The molecule has 0 saturated carbocycles. The van der Waals surface area contributed by atoms with Gasteiger partial charge in [-0.15, -0.1) is 0 Å². The van der Waals surface area contributed by atoms with E-state index in [1.54, 1.807) is 6.07 Å². The Labute approximate surface area is 126 Å². The fourth-order valence-electron chi connectivity index (χ4n) is 2.83. The second kappa shape index (κ2) is 7.41. The molecule has 3 N–H and O–H groups in total. The summed E-state index contributed by atoms with van der Waals surface area (Å²) in [7, 11) is 0. The predicted octanol–water partition coefficient (Wildman–Crippen LogP) is 1.69. The number of rotatable bonds is 6. The van der Waals surface area contributed by atoms with Gasteiger partial charge in [0.25, 0.3) is 5.91 Å². The number of pyridine rings is 1. The third kappa shape index (κ3) is 4.43. The number of carbonyl (C=O) groups is 1. The maximum absolute atomic E-state index is 12.3. The molecule has 1 amide bonds. The Bertz CT molecular complexity index is 489. The number of hydrogen-bond acceptors (Lipinski definition) is 4. The number of aromatic nitrogens is 1. The Morgan fingerprint density at radius 1 is 1.48 bits per heavy atom. The molecule has 0 aromatic carbocycles. The summed E-state index contributed by atoms with van der Waals surface area (Å²) in [5.41, 5.74) is 7.30. The second-order valence-corrected chi connectivity index (χ2v) is 5.78. The van der Waals surface area contributed by atoms with Crippen LogP contribution in [0.15, 0.2) is 12.1 Å². The third-order valence-corrected chi connectivity index (χ3v) is 4.04. The van der Waals surface area contributed by atoms with E-state index in [0.717, 1.165) is 51.1 Å². The Balaban J connectivity index is 1.91. The quantitative estimate of drug-likeness (QED) is 0.836. The minimum atomic E-state index is -0.0450. The average molecular weight is 290 g/mol. The van der Waals surface area contributed by atoms with Gasteiger partial charge in [0.15, 0.2) is 0 Å². The molecule has 1 aliphatic heterocycles. The van der Waals surface area contributed by atoms with Gasteiger partial charge in [0.05, 0.1) is 0 Å². The lowest BCUT2D eigenvalue weighted by atomic mass is 10.1. The van der Waals surface area contributed by atoms with Gasteiger partial charge in [0, 0.05) is 24.3 Å². The van der Waals surface area contributed by atoms with Gasteiger partial charge in [-0.1, -0.05) is 20.3 Å². The highest BCUT2D eigenvalue weighted by atomic mass is 16.1. The van der Waals surface area contributed by atoms with E-state index in [1.807, 2.05) is 6.07 Å². The molecule has 1 saturated heterocycles.